The second kappa shape index (κ2) is 9.60. The Labute approximate surface area is 217 Å². The average molecular weight is 497 g/mol. The fraction of sp³-hybridized carbons (Fsp3) is 0.300. The molecule has 0 radical (unpaired) electrons. The maximum atomic E-state index is 13.9. The highest BCUT2D eigenvalue weighted by Gasteiger charge is 2.36. The molecule has 0 saturated heterocycles. The van der Waals surface area contributed by atoms with Crippen molar-refractivity contribution in [2.75, 3.05) is 13.1 Å². The Kier molecular flexibility index (Phi) is 6.15. The van der Waals surface area contributed by atoms with E-state index in [0.717, 1.165) is 42.9 Å². The maximum absolute atomic E-state index is 13.9. The summed E-state index contributed by atoms with van der Waals surface area (Å²) in [7, 11) is 0. The van der Waals surface area contributed by atoms with Crippen molar-refractivity contribution in [2.24, 2.45) is 0 Å². The number of amides is 2. The van der Waals surface area contributed by atoms with Crippen molar-refractivity contribution in [3.8, 4) is 5.00 Å². The first-order valence-corrected chi connectivity index (χ1v) is 13.6. The van der Waals surface area contributed by atoms with E-state index in [1.54, 1.807) is 0 Å². The SMILES string of the molecule is CCN1CCc2c(sc3c2CN(C(=O)NCc2ccccc2)[C@H](c2ccc(C)cc2)c2cccn2-3)C1. The van der Waals surface area contributed by atoms with Crippen molar-refractivity contribution in [3.05, 3.63) is 111 Å². The number of urea groups is 1. The number of aryl methyl sites for hydroxylation is 1. The lowest BCUT2D eigenvalue weighted by atomic mass is 9.99. The van der Waals surface area contributed by atoms with E-state index in [0.29, 0.717) is 13.1 Å². The summed E-state index contributed by atoms with van der Waals surface area (Å²) >= 11 is 1.90. The van der Waals surface area contributed by atoms with Gasteiger partial charge in [0, 0.05) is 36.3 Å². The normalized spacial score (nSPS) is 17.2. The van der Waals surface area contributed by atoms with Crippen LogP contribution >= 0.6 is 11.3 Å². The van der Waals surface area contributed by atoms with Gasteiger partial charge in [0.1, 0.15) is 5.00 Å². The minimum Gasteiger partial charge on any atom is -0.334 e. The van der Waals surface area contributed by atoms with Gasteiger partial charge in [-0.25, -0.2) is 4.79 Å². The second-order valence-electron chi connectivity index (χ2n) is 9.79. The molecule has 2 aliphatic rings. The van der Waals surface area contributed by atoms with E-state index in [1.807, 2.05) is 34.4 Å². The molecule has 4 aromatic rings. The fourth-order valence-corrected chi connectivity index (χ4v) is 6.93. The zero-order valence-corrected chi connectivity index (χ0v) is 21.7. The van der Waals surface area contributed by atoms with Crippen LogP contribution in [0.2, 0.25) is 0 Å². The van der Waals surface area contributed by atoms with Gasteiger partial charge in [-0.15, -0.1) is 11.3 Å². The average Bonchev–Trinajstić information content (AvgIpc) is 3.50. The summed E-state index contributed by atoms with van der Waals surface area (Å²) in [6, 6.07) is 22.9. The second-order valence-corrected chi connectivity index (χ2v) is 10.9. The summed E-state index contributed by atoms with van der Waals surface area (Å²) in [5, 5.41) is 4.49. The van der Waals surface area contributed by atoms with Gasteiger partial charge in [-0.3, -0.25) is 4.90 Å². The molecule has 5 nitrogen and oxygen atoms in total. The van der Waals surface area contributed by atoms with E-state index in [9.17, 15) is 4.79 Å². The van der Waals surface area contributed by atoms with E-state index in [2.05, 4.69) is 83.4 Å². The molecule has 2 aromatic heterocycles. The van der Waals surface area contributed by atoms with Crippen LogP contribution in [0, 0.1) is 6.92 Å². The van der Waals surface area contributed by atoms with Crippen molar-refractivity contribution >= 4 is 17.4 Å². The Bertz CT molecular complexity index is 1370. The van der Waals surface area contributed by atoms with Crippen LogP contribution in [-0.2, 0) is 26.1 Å². The highest BCUT2D eigenvalue weighted by atomic mass is 32.1. The van der Waals surface area contributed by atoms with Crippen molar-refractivity contribution in [3.63, 3.8) is 0 Å². The third-order valence-corrected chi connectivity index (χ3v) is 8.79. The first kappa shape index (κ1) is 23.1. The molecule has 1 N–H and O–H groups in total. The molecule has 0 bridgehead atoms. The lowest BCUT2D eigenvalue weighted by molar-refractivity contribution is 0.179. The number of nitrogens with one attached hydrogen (secondary N) is 1. The molecule has 0 fully saturated rings. The van der Waals surface area contributed by atoms with Crippen molar-refractivity contribution in [1.29, 1.82) is 0 Å². The Balaban J connectivity index is 1.43. The van der Waals surface area contributed by atoms with Crippen LogP contribution in [0.5, 0.6) is 0 Å². The number of rotatable bonds is 4. The topological polar surface area (TPSA) is 40.5 Å². The summed E-state index contributed by atoms with van der Waals surface area (Å²) in [5.74, 6) is 0. The zero-order valence-electron chi connectivity index (χ0n) is 20.9. The fourth-order valence-electron chi connectivity index (χ4n) is 5.52. The molecule has 0 spiro atoms. The third kappa shape index (κ3) is 4.14. The molecule has 0 aliphatic carbocycles. The Hall–Kier alpha value is -3.35. The number of aromatic nitrogens is 1. The molecule has 1 atom stereocenters. The predicted molar refractivity (Wildman–Crippen MR) is 146 cm³/mol. The summed E-state index contributed by atoms with van der Waals surface area (Å²) in [4.78, 5) is 19.9. The van der Waals surface area contributed by atoms with E-state index in [1.165, 1.54) is 26.6 Å². The van der Waals surface area contributed by atoms with Gasteiger partial charge in [-0.05, 0) is 48.7 Å². The van der Waals surface area contributed by atoms with Crippen molar-refractivity contribution in [2.45, 2.75) is 45.9 Å². The number of carbonyl (C=O) groups excluding carboxylic acids is 1. The molecule has 2 aliphatic heterocycles. The van der Waals surface area contributed by atoms with Gasteiger partial charge in [0.2, 0.25) is 0 Å². The monoisotopic (exact) mass is 496 g/mol. The van der Waals surface area contributed by atoms with E-state index in [-0.39, 0.29) is 12.1 Å². The molecule has 2 amide bonds. The standard InChI is InChI=1S/C30H32N4OS/c1-3-32-17-15-24-25-19-34(30(35)31-18-22-8-5-4-6-9-22)28(23-13-11-21(2)12-14-23)26-10-7-16-33(26)29(25)36-27(24)20-32/h4-14,16,28H,3,15,17-20H2,1-2H3,(H,31,35)/t28-/m1/s1. The van der Waals surface area contributed by atoms with Gasteiger partial charge in [0.15, 0.2) is 0 Å². The predicted octanol–water partition coefficient (Wildman–Crippen LogP) is 6.04. The van der Waals surface area contributed by atoms with E-state index < -0.39 is 0 Å². The summed E-state index contributed by atoms with van der Waals surface area (Å²) in [6.07, 6.45) is 3.21. The van der Waals surface area contributed by atoms with Gasteiger partial charge < -0.3 is 14.8 Å². The largest absolute Gasteiger partial charge is 0.334 e. The smallest absolute Gasteiger partial charge is 0.318 e. The summed E-state index contributed by atoms with van der Waals surface area (Å²) in [6.45, 7) is 8.60. The Morgan fingerprint density at radius 1 is 1.00 bits per heavy atom. The highest BCUT2D eigenvalue weighted by molar-refractivity contribution is 7.15. The van der Waals surface area contributed by atoms with E-state index >= 15 is 0 Å². The molecule has 184 valence electrons. The number of thiophene rings is 1. The van der Waals surface area contributed by atoms with Gasteiger partial charge >= 0.3 is 6.03 Å². The minimum atomic E-state index is -0.164. The first-order chi connectivity index (χ1) is 17.6. The van der Waals surface area contributed by atoms with Crippen LogP contribution in [0.4, 0.5) is 4.79 Å². The Morgan fingerprint density at radius 3 is 2.58 bits per heavy atom. The van der Waals surface area contributed by atoms with Crippen LogP contribution in [0.1, 0.15) is 51.4 Å². The third-order valence-electron chi connectivity index (χ3n) is 7.53. The van der Waals surface area contributed by atoms with Crippen molar-refractivity contribution < 1.29 is 4.79 Å². The summed E-state index contributed by atoms with van der Waals surface area (Å²) < 4.78 is 2.34. The zero-order chi connectivity index (χ0) is 24.6. The number of benzene rings is 2. The molecule has 6 rings (SSSR count). The van der Waals surface area contributed by atoms with Crippen molar-refractivity contribution in [1.82, 2.24) is 19.7 Å². The number of carbonyl (C=O) groups is 1. The van der Waals surface area contributed by atoms with Crippen LogP contribution < -0.4 is 5.32 Å². The molecule has 4 heterocycles. The summed E-state index contributed by atoms with van der Waals surface area (Å²) in [5.41, 5.74) is 7.35. The first-order valence-electron chi connectivity index (χ1n) is 12.8. The quantitative estimate of drug-likeness (QED) is 0.374. The molecule has 0 saturated carbocycles. The van der Waals surface area contributed by atoms with Crippen LogP contribution in [-0.4, -0.2) is 33.5 Å². The van der Waals surface area contributed by atoms with Crippen LogP contribution in [0.25, 0.3) is 5.00 Å². The lowest BCUT2D eigenvalue weighted by Gasteiger charge is -2.32. The maximum Gasteiger partial charge on any atom is 0.318 e. The van der Waals surface area contributed by atoms with Gasteiger partial charge in [-0.1, -0.05) is 67.1 Å². The van der Waals surface area contributed by atoms with Crippen LogP contribution in [0.15, 0.2) is 72.9 Å². The molecular formula is C30H32N4OS. The van der Waals surface area contributed by atoms with Gasteiger partial charge in [0.25, 0.3) is 0 Å². The number of nitrogens with zero attached hydrogens (tertiary/aromatic N) is 3. The number of fused-ring (bicyclic) bond motifs is 5. The van der Waals surface area contributed by atoms with Gasteiger partial charge in [0.05, 0.1) is 18.3 Å². The number of hydrogen-bond donors (Lipinski definition) is 1. The molecular weight excluding hydrogens is 464 g/mol. The Morgan fingerprint density at radius 2 is 1.81 bits per heavy atom. The lowest BCUT2D eigenvalue weighted by Crippen LogP contribution is -2.42. The van der Waals surface area contributed by atoms with Gasteiger partial charge in [-0.2, -0.15) is 0 Å². The molecule has 2 aromatic carbocycles. The number of hydrogen-bond acceptors (Lipinski definition) is 3. The molecule has 6 heteroatoms. The van der Waals surface area contributed by atoms with Crippen LogP contribution in [0.3, 0.4) is 0 Å². The molecule has 0 unspecified atom stereocenters. The molecule has 36 heavy (non-hydrogen) atoms. The highest BCUT2D eigenvalue weighted by Crippen LogP contribution is 2.43. The minimum absolute atomic E-state index is 0.0315. The number of likely N-dealkylation sites (N-methyl/N-ethyl adjacent to an activating group) is 1. The van der Waals surface area contributed by atoms with E-state index in [4.69, 9.17) is 0 Å².